The Morgan fingerprint density at radius 3 is 3.05 bits per heavy atom. The minimum atomic E-state index is 0.211. The van der Waals surface area contributed by atoms with Gasteiger partial charge in [-0.15, -0.1) is 11.3 Å². The first-order valence-electron chi connectivity index (χ1n) is 7.08. The Labute approximate surface area is 124 Å². The van der Waals surface area contributed by atoms with Crippen molar-refractivity contribution in [1.29, 1.82) is 0 Å². The van der Waals surface area contributed by atoms with Crippen LogP contribution in [0.25, 0.3) is 5.69 Å². The average Bonchev–Trinajstić information content (AvgIpc) is 3.03. The normalized spacial score (nSPS) is 23.1. The van der Waals surface area contributed by atoms with Gasteiger partial charge in [0.1, 0.15) is 0 Å². The van der Waals surface area contributed by atoms with Gasteiger partial charge in [-0.2, -0.15) is 0 Å². The molecule has 3 heterocycles. The summed E-state index contributed by atoms with van der Waals surface area (Å²) in [5.74, 6) is 0. The Hall–Kier alpha value is -1.17. The van der Waals surface area contributed by atoms with Crippen LogP contribution in [0.5, 0.6) is 0 Å². The summed E-state index contributed by atoms with van der Waals surface area (Å²) in [7, 11) is 0. The Bertz CT molecular complexity index is 558. The second kappa shape index (κ2) is 5.31. The van der Waals surface area contributed by atoms with Crippen LogP contribution in [-0.4, -0.2) is 33.6 Å². The van der Waals surface area contributed by atoms with Crippen LogP contribution < -0.4 is 5.73 Å². The zero-order valence-corrected chi connectivity index (χ0v) is 12.9. The van der Waals surface area contributed by atoms with E-state index in [1.54, 1.807) is 0 Å². The highest BCUT2D eigenvalue weighted by Crippen LogP contribution is 2.29. The maximum Gasteiger partial charge on any atom is 0.0991 e. The Morgan fingerprint density at radius 1 is 1.50 bits per heavy atom. The summed E-state index contributed by atoms with van der Waals surface area (Å²) in [6.07, 6.45) is 6.72. The highest BCUT2D eigenvalue weighted by molar-refractivity contribution is 7.10. The fourth-order valence-electron chi connectivity index (χ4n) is 2.84. The smallest absolute Gasteiger partial charge is 0.0991 e. The largest absolute Gasteiger partial charge is 0.327 e. The third-order valence-corrected chi connectivity index (χ3v) is 5.12. The number of nitrogens with two attached hydrogens (primary N) is 1. The monoisotopic (exact) mass is 290 g/mol. The van der Waals surface area contributed by atoms with Gasteiger partial charge in [0.25, 0.3) is 0 Å². The number of likely N-dealkylation sites (tertiary alicyclic amines) is 1. The van der Waals surface area contributed by atoms with E-state index in [1.165, 1.54) is 10.6 Å². The zero-order valence-electron chi connectivity index (χ0n) is 12.1. The van der Waals surface area contributed by atoms with Gasteiger partial charge in [0.15, 0.2) is 0 Å². The number of rotatable bonds is 3. The molecule has 1 saturated heterocycles. The number of hydrogen-bond donors (Lipinski definition) is 1. The van der Waals surface area contributed by atoms with Crippen molar-refractivity contribution in [3.05, 3.63) is 35.0 Å². The summed E-state index contributed by atoms with van der Waals surface area (Å²) >= 11 is 1.82. The molecule has 0 aliphatic carbocycles. The summed E-state index contributed by atoms with van der Waals surface area (Å²) in [6, 6.07) is 2.58. The summed E-state index contributed by atoms with van der Waals surface area (Å²) in [6.45, 7) is 7.75. The van der Waals surface area contributed by atoms with E-state index in [9.17, 15) is 0 Å². The first-order valence-corrected chi connectivity index (χ1v) is 7.96. The molecule has 5 heteroatoms. The van der Waals surface area contributed by atoms with Crippen molar-refractivity contribution < 1.29 is 0 Å². The van der Waals surface area contributed by atoms with E-state index in [1.807, 2.05) is 30.1 Å². The average molecular weight is 290 g/mol. The number of aromatic nitrogens is 2. The van der Waals surface area contributed by atoms with E-state index in [-0.39, 0.29) is 5.41 Å². The number of thiophene rings is 1. The molecule has 3 rings (SSSR count). The van der Waals surface area contributed by atoms with Crippen LogP contribution in [0.3, 0.4) is 0 Å². The molecule has 108 valence electrons. The maximum atomic E-state index is 6.20. The Kier molecular flexibility index (Phi) is 3.67. The number of piperidine rings is 1. The molecular weight excluding hydrogens is 268 g/mol. The van der Waals surface area contributed by atoms with Crippen molar-refractivity contribution in [2.45, 2.75) is 32.9 Å². The van der Waals surface area contributed by atoms with Crippen molar-refractivity contribution in [1.82, 2.24) is 14.5 Å². The van der Waals surface area contributed by atoms with Gasteiger partial charge < -0.3 is 10.3 Å². The molecule has 0 aromatic carbocycles. The van der Waals surface area contributed by atoms with E-state index < -0.39 is 0 Å². The van der Waals surface area contributed by atoms with Crippen LogP contribution in [0.2, 0.25) is 0 Å². The molecule has 1 unspecified atom stereocenters. The van der Waals surface area contributed by atoms with Crippen molar-refractivity contribution in [2.24, 2.45) is 11.1 Å². The van der Waals surface area contributed by atoms with E-state index in [0.717, 1.165) is 26.1 Å². The lowest BCUT2D eigenvalue weighted by Gasteiger charge is -2.42. The molecule has 1 aliphatic heterocycles. The molecule has 4 nitrogen and oxygen atoms in total. The third-order valence-electron chi connectivity index (χ3n) is 4.21. The van der Waals surface area contributed by atoms with Crippen LogP contribution in [0.15, 0.2) is 30.2 Å². The van der Waals surface area contributed by atoms with Crippen LogP contribution in [-0.2, 0) is 6.54 Å². The van der Waals surface area contributed by atoms with Gasteiger partial charge in [-0.1, -0.05) is 13.8 Å². The van der Waals surface area contributed by atoms with Crippen LogP contribution in [0, 0.1) is 5.41 Å². The van der Waals surface area contributed by atoms with Crippen molar-refractivity contribution in [2.75, 3.05) is 13.1 Å². The number of imidazole rings is 1. The predicted molar refractivity (Wildman–Crippen MR) is 83.1 cm³/mol. The molecule has 0 amide bonds. The molecular formula is C15H22N4S. The van der Waals surface area contributed by atoms with Gasteiger partial charge in [0.05, 0.1) is 12.0 Å². The molecule has 2 aromatic heterocycles. The van der Waals surface area contributed by atoms with Gasteiger partial charge in [-0.3, -0.25) is 4.90 Å². The first-order chi connectivity index (χ1) is 9.54. The molecule has 0 bridgehead atoms. The lowest BCUT2D eigenvalue weighted by Crippen LogP contribution is -2.51. The van der Waals surface area contributed by atoms with E-state index in [4.69, 9.17) is 5.73 Å². The molecule has 0 saturated carbocycles. The first kappa shape index (κ1) is 13.8. The van der Waals surface area contributed by atoms with Crippen LogP contribution in [0.1, 0.15) is 25.1 Å². The van der Waals surface area contributed by atoms with Gasteiger partial charge >= 0.3 is 0 Å². The van der Waals surface area contributed by atoms with E-state index in [2.05, 4.69) is 39.7 Å². The second-order valence-corrected chi connectivity index (χ2v) is 7.33. The summed E-state index contributed by atoms with van der Waals surface area (Å²) in [5.41, 5.74) is 7.62. The SMILES string of the molecule is CC1(C)CN(Cc2cc(-n3ccnc3)cs2)CCC1N. The predicted octanol–water partition coefficient (Wildman–Crippen LogP) is 2.49. The molecule has 2 N–H and O–H groups in total. The zero-order chi connectivity index (χ0) is 14.2. The molecule has 20 heavy (non-hydrogen) atoms. The van der Waals surface area contributed by atoms with Crippen LogP contribution in [0.4, 0.5) is 0 Å². The fourth-order valence-corrected chi connectivity index (χ4v) is 3.75. The van der Waals surface area contributed by atoms with Gasteiger partial charge in [0.2, 0.25) is 0 Å². The second-order valence-electron chi connectivity index (χ2n) is 6.34. The summed E-state index contributed by atoms with van der Waals surface area (Å²) in [4.78, 5) is 8.02. The summed E-state index contributed by atoms with van der Waals surface area (Å²) in [5, 5.41) is 2.19. The molecule has 0 radical (unpaired) electrons. The van der Waals surface area contributed by atoms with Crippen molar-refractivity contribution in [3.63, 3.8) is 0 Å². The highest BCUT2D eigenvalue weighted by atomic mass is 32.1. The molecule has 2 aromatic rings. The Balaban J connectivity index is 1.67. The third kappa shape index (κ3) is 2.80. The van der Waals surface area contributed by atoms with Crippen LogP contribution >= 0.6 is 11.3 Å². The minimum Gasteiger partial charge on any atom is -0.327 e. The van der Waals surface area contributed by atoms with Crippen molar-refractivity contribution >= 4 is 11.3 Å². The lowest BCUT2D eigenvalue weighted by molar-refractivity contribution is 0.0907. The molecule has 0 spiro atoms. The van der Waals surface area contributed by atoms with Crippen molar-refractivity contribution in [3.8, 4) is 5.69 Å². The fraction of sp³-hybridized carbons (Fsp3) is 0.533. The molecule has 1 fully saturated rings. The molecule has 1 atom stereocenters. The Morgan fingerprint density at radius 2 is 2.35 bits per heavy atom. The number of nitrogens with zero attached hydrogens (tertiary/aromatic N) is 3. The summed E-state index contributed by atoms with van der Waals surface area (Å²) < 4.78 is 2.05. The van der Waals surface area contributed by atoms with E-state index in [0.29, 0.717) is 6.04 Å². The lowest BCUT2D eigenvalue weighted by atomic mass is 9.80. The van der Waals surface area contributed by atoms with Gasteiger partial charge in [0, 0.05) is 48.3 Å². The quantitative estimate of drug-likeness (QED) is 0.945. The number of hydrogen-bond acceptors (Lipinski definition) is 4. The molecule has 1 aliphatic rings. The standard InChI is InChI=1S/C15H22N4S/c1-15(2)10-18(5-3-14(15)16)8-13-7-12(9-20-13)19-6-4-17-11-19/h4,6-7,9,11,14H,3,5,8,10,16H2,1-2H3. The maximum absolute atomic E-state index is 6.20. The highest BCUT2D eigenvalue weighted by Gasteiger charge is 2.33. The van der Waals surface area contributed by atoms with E-state index >= 15 is 0 Å². The minimum absolute atomic E-state index is 0.211. The van der Waals surface area contributed by atoms with Gasteiger partial charge in [-0.25, -0.2) is 4.98 Å². The topological polar surface area (TPSA) is 47.1 Å². The van der Waals surface area contributed by atoms with Gasteiger partial charge in [-0.05, 0) is 17.9 Å².